The highest BCUT2D eigenvalue weighted by molar-refractivity contribution is 6.42. The summed E-state index contributed by atoms with van der Waals surface area (Å²) >= 11 is 12.1. The number of piperidine rings is 1. The number of carbonyl (C=O) groups excluding carboxylic acids is 2. The molecule has 0 aromatic heterocycles. The Kier molecular flexibility index (Phi) is 6.79. The number of carbonyl (C=O) groups is 2. The van der Waals surface area contributed by atoms with Gasteiger partial charge in [-0.25, -0.2) is 9.18 Å². The number of methoxy groups -OCH3 is 1. The molecule has 1 atom stereocenters. The summed E-state index contributed by atoms with van der Waals surface area (Å²) in [5, 5.41) is 3.55. The van der Waals surface area contributed by atoms with Crippen LogP contribution < -0.4 is 5.32 Å². The standard InChI is InChI=1S/C23H25Cl2FN2O4/c1-31-21(29)16(14-2-4-18(24)19(25)12-14)6-9-28-10-7-23(8-11-28)17-13-15(26)3-5-20(17)27-22(30)32-23/h2,4,12-13,16H,3,5-11H2,1H3,(H,27,30). The molecule has 1 aromatic carbocycles. The van der Waals surface area contributed by atoms with Gasteiger partial charge in [0.05, 0.1) is 23.1 Å². The fourth-order valence-electron chi connectivity index (χ4n) is 4.73. The SMILES string of the molecule is COC(=O)C(CCN1CCC2(CC1)OC(=O)NC1=C2C=C(F)CC1)c1ccc(Cl)c(Cl)c1. The summed E-state index contributed by atoms with van der Waals surface area (Å²) in [6.07, 6.45) is 3.50. The Labute approximate surface area is 196 Å². The van der Waals surface area contributed by atoms with Crippen molar-refractivity contribution in [3.05, 3.63) is 57.0 Å². The second kappa shape index (κ2) is 9.41. The van der Waals surface area contributed by atoms with E-state index in [0.717, 1.165) is 16.8 Å². The fourth-order valence-corrected chi connectivity index (χ4v) is 5.03. The third-order valence-electron chi connectivity index (χ3n) is 6.50. The van der Waals surface area contributed by atoms with E-state index in [2.05, 4.69) is 10.2 Å². The van der Waals surface area contributed by atoms with Gasteiger partial charge in [0, 0.05) is 43.6 Å². The molecular weight excluding hydrogens is 458 g/mol. The quantitative estimate of drug-likeness (QED) is 0.590. The van der Waals surface area contributed by atoms with Crippen LogP contribution in [-0.2, 0) is 14.3 Å². The molecule has 1 N–H and O–H groups in total. The zero-order valence-electron chi connectivity index (χ0n) is 17.8. The van der Waals surface area contributed by atoms with Gasteiger partial charge in [-0.05, 0) is 43.2 Å². The van der Waals surface area contributed by atoms with Crippen LogP contribution in [0.15, 0.2) is 41.4 Å². The Morgan fingerprint density at radius 3 is 2.72 bits per heavy atom. The largest absolute Gasteiger partial charge is 0.469 e. The first-order valence-corrected chi connectivity index (χ1v) is 11.4. The van der Waals surface area contributed by atoms with E-state index in [4.69, 9.17) is 32.7 Å². The minimum Gasteiger partial charge on any atom is -0.469 e. The van der Waals surface area contributed by atoms with Crippen LogP contribution in [0.4, 0.5) is 9.18 Å². The van der Waals surface area contributed by atoms with Crippen LogP contribution in [-0.4, -0.2) is 49.3 Å². The monoisotopic (exact) mass is 482 g/mol. The number of fused-ring (bicyclic) bond motifs is 1. The first-order valence-electron chi connectivity index (χ1n) is 10.7. The maximum absolute atomic E-state index is 14.0. The van der Waals surface area contributed by atoms with Crippen molar-refractivity contribution in [2.45, 2.75) is 43.6 Å². The molecule has 1 unspecified atom stereocenters. The molecule has 6 nitrogen and oxygen atoms in total. The van der Waals surface area contributed by atoms with Crippen molar-refractivity contribution >= 4 is 35.3 Å². The molecule has 1 fully saturated rings. The third-order valence-corrected chi connectivity index (χ3v) is 7.24. The molecule has 1 amide bonds. The van der Waals surface area contributed by atoms with E-state index >= 15 is 0 Å². The van der Waals surface area contributed by atoms with Crippen molar-refractivity contribution < 1.29 is 23.5 Å². The Hall–Kier alpha value is -2.09. The Morgan fingerprint density at radius 1 is 1.28 bits per heavy atom. The lowest BCUT2D eigenvalue weighted by atomic mass is 9.79. The smallest absolute Gasteiger partial charge is 0.412 e. The Balaban J connectivity index is 1.43. The molecule has 2 heterocycles. The van der Waals surface area contributed by atoms with E-state index in [0.29, 0.717) is 61.8 Å². The van der Waals surface area contributed by atoms with Gasteiger partial charge in [-0.1, -0.05) is 29.3 Å². The topological polar surface area (TPSA) is 67.9 Å². The summed E-state index contributed by atoms with van der Waals surface area (Å²) in [4.78, 5) is 26.8. The first kappa shape index (κ1) is 23.1. The molecule has 4 rings (SSSR count). The zero-order valence-corrected chi connectivity index (χ0v) is 19.3. The van der Waals surface area contributed by atoms with Gasteiger partial charge in [0.1, 0.15) is 11.4 Å². The molecule has 0 radical (unpaired) electrons. The lowest BCUT2D eigenvalue weighted by Crippen LogP contribution is -2.53. The normalized spacial score (nSPS) is 21.4. The molecule has 32 heavy (non-hydrogen) atoms. The minimum absolute atomic E-state index is 0.187. The Bertz CT molecular complexity index is 986. The summed E-state index contributed by atoms with van der Waals surface area (Å²) in [6.45, 7) is 1.97. The van der Waals surface area contributed by atoms with Crippen LogP contribution in [0, 0.1) is 0 Å². The highest BCUT2D eigenvalue weighted by atomic mass is 35.5. The molecule has 172 valence electrons. The predicted octanol–water partition coefficient (Wildman–Crippen LogP) is 5.12. The third kappa shape index (κ3) is 4.65. The van der Waals surface area contributed by atoms with Crippen LogP contribution in [0.3, 0.4) is 0 Å². The van der Waals surface area contributed by atoms with Gasteiger partial charge in [-0.2, -0.15) is 0 Å². The van der Waals surface area contributed by atoms with Gasteiger partial charge in [0.15, 0.2) is 0 Å². The van der Waals surface area contributed by atoms with E-state index in [1.807, 2.05) is 0 Å². The van der Waals surface area contributed by atoms with Gasteiger partial charge in [0.2, 0.25) is 0 Å². The number of alkyl carbamates (subject to hydrolysis) is 1. The lowest BCUT2D eigenvalue weighted by molar-refractivity contribution is -0.142. The average Bonchev–Trinajstić information content (AvgIpc) is 2.78. The number of benzene rings is 1. The number of halogens is 3. The van der Waals surface area contributed by atoms with E-state index in [1.165, 1.54) is 13.2 Å². The molecule has 2 aliphatic heterocycles. The van der Waals surface area contributed by atoms with Crippen molar-refractivity contribution in [1.82, 2.24) is 10.2 Å². The second-order valence-electron chi connectivity index (χ2n) is 8.37. The van der Waals surface area contributed by atoms with Crippen molar-refractivity contribution in [3.63, 3.8) is 0 Å². The fraction of sp³-hybridized carbons (Fsp3) is 0.478. The van der Waals surface area contributed by atoms with Crippen LogP contribution in [0.25, 0.3) is 0 Å². The Morgan fingerprint density at radius 2 is 2.03 bits per heavy atom. The number of esters is 1. The summed E-state index contributed by atoms with van der Waals surface area (Å²) < 4.78 is 24.7. The summed E-state index contributed by atoms with van der Waals surface area (Å²) in [5.41, 5.74) is 1.48. The number of amides is 1. The number of ether oxygens (including phenoxy) is 2. The number of allylic oxidation sites excluding steroid dienone is 2. The van der Waals surface area contributed by atoms with Gasteiger partial charge >= 0.3 is 12.1 Å². The van der Waals surface area contributed by atoms with Crippen molar-refractivity contribution in [2.24, 2.45) is 0 Å². The van der Waals surface area contributed by atoms with Crippen LogP contribution in [0.1, 0.15) is 43.6 Å². The maximum atomic E-state index is 14.0. The van der Waals surface area contributed by atoms with Gasteiger partial charge in [-0.15, -0.1) is 0 Å². The molecule has 1 saturated heterocycles. The van der Waals surface area contributed by atoms with Crippen molar-refractivity contribution in [1.29, 1.82) is 0 Å². The number of likely N-dealkylation sites (tertiary alicyclic amines) is 1. The molecule has 1 aliphatic carbocycles. The van der Waals surface area contributed by atoms with E-state index in [9.17, 15) is 14.0 Å². The lowest BCUT2D eigenvalue weighted by Gasteiger charge is -2.45. The van der Waals surface area contributed by atoms with Crippen LogP contribution in [0.2, 0.25) is 10.0 Å². The summed E-state index contributed by atoms with van der Waals surface area (Å²) in [5.74, 6) is -0.985. The average molecular weight is 483 g/mol. The van der Waals surface area contributed by atoms with Crippen LogP contribution >= 0.6 is 23.2 Å². The van der Waals surface area contributed by atoms with Gasteiger partial charge in [0.25, 0.3) is 0 Å². The summed E-state index contributed by atoms with van der Waals surface area (Å²) in [7, 11) is 1.37. The molecule has 0 saturated carbocycles. The number of nitrogens with one attached hydrogen (secondary N) is 1. The molecule has 0 bridgehead atoms. The van der Waals surface area contributed by atoms with Gasteiger partial charge in [-0.3, -0.25) is 10.1 Å². The maximum Gasteiger partial charge on any atom is 0.412 e. The van der Waals surface area contributed by atoms with Gasteiger partial charge < -0.3 is 14.4 Å². The number of nitrogens with zero attached hydrogens (tertiary/aromatic N) is 1. The predicted molar refractivity (Wildman–Crippen MR) is 119 cm³/mol. The first-order chi connectivity index (χ1) is 15.3. The summed E-state index contributed by atoms with van der Waals surface area (Å²) in [6, 6.07) is 5.16. The second-order valence-corrected chi connectivity index (χ2v) is 9.19. The number of hydrogen-bond donors (Lipinski definition) is 1. The zero-order chi connectivity index (χ0) is 22.9. The van der Waals surface area contributed by atoms with E-state index < -0.39 is 17.6 Å². The number of hydrogen-bond acceptors (Lipinski definition) is 5. The molecule has 1 aromatic rings. The minimum atomic E-state index is -0.794. The highest BCUT2D eigenvalue weighted by Gasteiger charge is 2.46. The molecule has 3 aliphatic rings. The number of rotatable bonds is 5. The molecular formula is C23H25Cl2FN2O4. The van der Waals surface area contributed by atoms with Crippen molar-refractivity contribution in [2.75, 3.05) is 26.7 Å². The van der Waals surface area contributed by atoms with Crippen molar-refractivity contribution in [3.8, 4) is 0 Å². The van der Waals surface area contributed by atoms with E-state index in [-0.39, 0.29) is 11.8 Å². The molecule has 1 spiro atoms. The van der Waals surface area contributed by atoms with E-state index in [1.54, 1.807) is 18.2 Å². The molecule has 9 heteroatoms. The highest BCUT2D eigenvalue weighted by Crippen LogP contribution is 2.42. The van der Waals surface area contributed by atoms with Crippen LogP contribution in [0.5, 0.6) is 0 Å².